The Morgan fingerprint density at radius 1 is 1.18 bits per heavy atom. The van der Waals surface area contributed by atoms with Gasteiger partial charge in [0.2, 0.25) is 0 Å². The number of rotatable bonds is 6. The van der Waals surface area contributed by atoms with Crippen LogP contribution in [0.4, 0.5) is 0 Å². The van der Waals surface area contributed by atoms with E-state index in [-0.39, 0.29) is 12.6 Å². The lowest BCUT2D eigenvalue weighted by Gasteiger charge is -2.33. The van der Waals surface area contributed by atoms with E-state index in [4.69, 9.17) is 4.98 Å². The third-order valence-electron chi connectivity index (χ3n) is 5.71. The molecule has 4 aromatic rings. The van der Waals surface area contributed by atoms with Gasteiger partial charge in [-0.3, -0.25) is 13.8 Å². The Labute approximate surface area is 162 Å². The van der Waals surface area contributed by atoms with Gasteiger partial charge in [0, 0.05) is 50.1 Å². The fourth-order valence-corrected chi connectivity index (χ4v) is 4.00. The molecular formula is C20H23N7O. The Hall–Kier alpha value is -3.00. The number of hydrogen-bond acceptors (Lipinski definition) is 5. The van der Waals surface area contributed by atoms with Crippen molar-refractivity contribution in [2.75, 3.05) is 6.61 Å². The average molecular weight is 377 g/mol. The van der Waals surface area contributed by atoms with Crippen LogP contribution in [0.25, 0.3) is 28.3 Å². The van der Waals surface area contributed by atoms with Crippen molar-refractivity contribution in [3.05, 3.63) is 43.2 Å². The van der Waals surface area contributed by atoms with Gasteiger partial charge in [0.05, 0.1) is 29.7 Å². The zero-order valence-electron chi connectivity index (χ0n) is 15.8. The molecule has 8 heteroatoms. The van der Waals surface area contributed by atoms with Gasteiger partial charge in [-0.15, -0.1) is 0 Å². The van der Waals surface area contributed by atoms with Gasteiger partial charge in [-0.25, -0.2) is 9.97 Å². The molecule has 0 aromatic carbocycles. The van der Waals surface area contributed by atoms with Gasteiger partial charge in [-0.1, -0.05) is 6.42 Å². The summed E-state index contributed by atoms with van der Waals surface area (Å²) in [5, 5.41) is 18.4. The summed E-state index contributed by atoms with van der Waals surface area (Å²) in [4.78, 5) is 9.35. The molecule has 8 nitrogen and oxygen atoms in total. The van der Waals surface area contributed by atoms with Crippen molar-refractivity contribution in [2.24, 2.45) is 13.0 Å². The highest BCUT2D eigenvalue weighted by molar-refractivity contribution is 5.68. The number of aliphatic hydroxyl groups is 1. The van der Waals surface area contributed by atoms with Gasteiger partial charge in [0.15, 0.2) is 0 Å². The minimum atomic E-state index is 0.177. The van der Waals surface area contributed by atoms with Crippen molar-refractivity contribution in [1.82, 2.24) is 33.9 Å². The second-order valence-corrected chi connectivity index (χ2v) is 7.50. The summed E-state index contributed by atoms with van der Waals surface area (Å²) < 4.78 is 5.75. The lowest BCUT2D eigenvalue weighted by molar-refractivity contribution is 0.155. The highest BCUT2D eigenvalue weighted by Gasteiger charge is 2.29. The smallest absolute Gasteiger partial charge is 0.149 e. The Morgan fingerprint density at radius 3 is 2.75 bits per heavy atom. The first-order valence-corrected chi connectivity index (χ1v) is 9.71. The number of imidazole rings is 1. The predicted octanol–water partition coefficient (Wildman–Crippen LogP) is 2.72. The van der Waals surface area contributed by atoms with Crippen molar-refractivity contribution in [1.29, 1.82) is 0 Å². The summed E-state index contributed by atoms with van der Waals surface area (Å²) in [6.07, 6.45) is 15.8. The average Bonchev–Trinajstić information content (AvgIpc) is 3.39. The number of aromatic nitrogens is 7. The third-order valence-corrected chi connectivity index (χ3v) is 5.71. The molecule has 1 saturated carbocycles. The van der Waals surface area contributed by atoms with E-state index in [1.807, 2.05) is 53.2 Å². The van der Waals surface area contributed by atoms with Gasteiger partial charge in [-0.05, 0) is 25.2 Å². The number of hydrogen-bond donors (Lipinski definition) is 1. The van der Waals surface area contributed by atoms with E-state index >= 15 is 0 Å². The van der Waals surface area contributed by atoms with Crippen LogP contribution in [-0.4, -0.2) is 45.6 Å². The second-order valence-electron chi connectivity index (χ2n) is 7.50. The van der Waals surface area contributed by atoms with Crippen LogP contribution < -0.4 is 0 Å². The molecule has 1 aliphatic rings. The molecule has 0 bridgehead atoms. The fourth-order valence-electron chi connectivity index (χ4n) is 4.00. The van der Waals surface area contributed by atoms with Gasteiger partial charge in [0.25, 0.3) is 0 Å². The second kappa shape index (κ2) is 6.87. The Bertz CT molecular complexity index is 1100. The van der Waals surface area contributed by atoms with Gasteiger partial charge < -0.3 is 5.11 Å². The van der Waals surface area contributed by atoms with Crippen LogP contribution >= 0.6 is 0 Å². The Balaban J connectivity index is 1.57. The molecule has 1 N–H and O–H groups in total. The first kappa shape index (κ1) is 17.1. The molecule has 1 unspecified atom stereocenters. The first-order valence-electron chi connectivity index (χ1n) is 9.71. The zero-order chi connectivity index (χ0) is 19.1. The molecule has 4 heterocycles. The lowest BCUT2D eigenvalue weighted by Crippen LogP contribution is -2.26. The van der Waals surface area contributed by atoms with Crippen LogP contribution in [0.3, 0.4) is 0 Å². The minimum Gasteiger partial charge on any atom is -0.396 e. The first-order chi connectivity index (χ1) is 13.7. The quantitative estimate of drug-likeness (QED) is 0.558. The number of nitrogens with zero attached hydrogens (tertiary/aromatic N) is 7. The van der Waals surface area contributed by atoms with Crippen LogP contribution in [0, 0.1) is 5.92 Å². The van der Waals surface area contributed by atoms with Crippen LogP contribution in [0.5, 0.6) is 0 Å². The maximum atomic E-state index is 9.49. The Morgan fingerprint density at radius 2 is 2.04 bits per heavy atom. The molecule has 5 rings (SSSR count). The molecule has 0 spiro atoms. The molecule has 0 aliphatic heterocycles. The molecule has 144 valence electrons. The summed E-state index contributed by atoms with van der Waals surface area (Å²) >= 11 is 0. The van der Waals surface area contributed by atoms with E-state index in [0.29, 0.717) is 5.92 Å². The normalized spacial score (nSPS) is 15.8. The maximum Gasteiger partial charge on any atom is 0.149 e. The zero-order valence-corrected chi connectivity index (χ0v) is 15.8. The molecule has 28 heavy (non-hydrogen) atoms. The molecular weight excluding hydrogens is 354 g/mol. The highest BCUT2D eigenvalue weighted by Crippen LogP contribution is 2.38. The summed E-state index contributed by atoms with van der Waals surface area (Å²) in [7, 11) is 1.89. The largest absolute Gasteiger partial charge is 0.396 e. The molecule has 1 atom stereocenters. The van der Waals surface area contributed by atoms with Crippen molar-refractivity contribution < 1.29 is 5.11 Å². The number of aliphatic hydroxyl groups excluding tert-OH is 1. The summed E-state index contributed by atoms with van der Waals surface area (Å²) in [6.45, 7) is 0.177. The molecule has 0 saturated heterocycles. The van der Waals surface area contributed by atoms with Crippen LogP contribution in [0.15, 0.2) is 43.2 Å². The van der Waals surface area contributed by atoms with Crippen molar-refractivity contribution in [3.8, 4) is 22.6 Å². The van der Waals surface area contributed by atoms with Crippen molar-refractivity contribution >= 4 is 5.65 Å². The van der Waals surface area contributed by atoms with Crippen molar-refractivity contribution in [2.45, 2.75) is 31.7 Å². The van der Waals surface area contributed by atoms with Gasteiger partial charge in [0.1, 0.15) is 11.5 Å². The topological polar surface area (TPSA) is 86.1 Å². The van der Waals surface area contributed by atoms with E-state index in [2.05, 4.69) is 15.2 Å². The maximum absolute atomic E-state index is 9.49. The van der Waals surface area contributed by atoms with E-state index in [1.54, 1.807) is 10.9 Å². The third kappa shape index (κ3) is 2.90. The van der Waals surface area contributed by atoms with E-state index in [0.717, 1.165) is 34.7 Å². The molecule has 1 fully saturated rings. The monoisotopic (exact) mass is 377 g/mol. The molecule has 0 radical (unpaired) electrons. The predicted molar refractivity (Wildman–Crippen MR) is 104 cm³/mol. The SMILES string of the molecule is Cn1cc(-c2cc3nccn3c(-c3cnn(C(CCO)C4CCC4)c3)n2)cn1. The van der Waals surface area contributed by atoms with Crippen LogP contribution in [0.1, 0.15) is 31.7 Å². The summed E-state index contributed by atoms with van der Waals surface area (Å²) in [6, 6.07) is 2.21. The molecule has 0 amide bonds. The van der Waals surface area contributed by atoms with Crippen molar-refractivity contribution in [3.63, 3.8) is 0 Å². The van der Waals surface area contributed by atoms with Gasteiger partial charge in [-0.2, -0.15) is 10.2 Å². The van der Waals surface area contributed by atoms with E-state index in [1.165, 1.54) is 19.3 Å². The number of aryl methyl sites for hydroxylation is 1. The summed E-state index contributed by atoms with van der Waals surface area (Å²) in [5.74, 6) is 1.40. The van der Waals surface area contributed by atoms with E-state index in [9.17, 15) is 5.11 Å². The standard InChI is InChI=1S/C20H23N7O/c1-25-12-15(10-22-25)17-9-19-21-6-7-26(19)20(24-17)16-11-23-27(13-16)18(5-8-28)14-3-2-4-14/h6-7,9-14,18,28H,2-5,8H2,1H3. The van der Waals surface area contributed by atoms with Crippen LogP contribution in [0.2, 0.25) is 0 Å². The van der Waals surface area contributed by atoms with Gasteiger partial charge >= 0.3 is 0 Å². The Kier molecular flexibility index (Phi) is 4.20. The fraction of sp³-hybridized carbons (Fsp3) is 0.400. The minimum absolute atomic E-state index is 0.177. The number of fused-ring (bicyclic) bond motifs is 1. The van der Waals surface area contributed by atoms with Crippen LogP contribution in [-0.2, 0) is 7.05 Å². The lowest BCUT2D eigenvalue weighted by atomic mass is 9.78. The molecule has 4 aromatic heterocycles. The summed E-state index contributed by atoms with van der Waals surface area (Å²) in [5.41, 5.74) is 3.56. The highest BCUT2D eigenvalue weighted by atomic mass is 16.3. The van der Waals surface area contributed by atoms with E-state index < -0.39 is 0 Å². The molecule has 1 aliphatic carbocycles.